The number of carbonyl (C=O) groups is 1. The van der Waals surface area contributed by atoms with Gasteiger partial charge >= 0.3 is 0 Å². The molecule has 2 aliphatic rings. The number of amides is 1. The van der Waals surface area contributed by atoms with Crippen LogP contribution >= 0.6 is 0 Å². The Morgan fingerprint density at radius 3 is 2.67 bits per heavy atom. The van der Waals surface area contributed by atoms with E-state index in [1.807, 2.05) is 4.90 Å². The molecule has 0 unspecified atom stereocenters. The summed E-state index contributed by atoms with van der Waals surface area (Å²) >= 11 is 0. The molecule has 2 rings (SSSR count). The van der Waals surface area contributed by atoms with Crippen LogP contribution in [0.3, 0.4) is 0 Å². The van der Waals surface area contributed by atoms with Crippen molar-refractivity contribution in [3.05, 3.63) is 0 Å². The normalized spacial score (nSPS) is 29.7. The number of rotatable bonds is 2. The second-order valence-electron chi connectivity index (χ2n) is 5.14. The lowest BCUT2D eigenvalue weighted by molar-refractivity contribution is -0.149. The van der Waals surface area contributed by atoms with Crippen LogP contribution in [0.25, 0.3) is 0 Å². The molecule has 1 aliphatic carbocycles. The molecule has 0 radical (unpaired) electrons. The minimum atomic E-state index is -0.00292. The molecule has 0 aromatic heterocycles. The topological polar surface area (TPSA) is 46.3 Å². The van der Waals surface area contributed by atoms with Crippen molar-refractivity contribution in [1.82, 2.24) is 4.90 Å². The molecule has 3 nitrogen and oxygen atoms in total. The molecule has 3 heteroatoms. The van der Waals surface area contributed by atoms with Gasteiger partial charge < -0.3 is 10.6 Å². The molecule has 1 saturated carbocycles. The van der Waals surface area contributed by atoms with Crippen LogP contribution < -0.4 is 5.73 Å². The molecule has 1 amide bonds. The maximum Gasteiger partial charge on any atom is 0.228 e. The van der Waals surface area contributed by atoms with Crippen LogP contribution in [0.4, 0.5) is 0 Å². The molecule has 1 aliphatic heterocycles. The summed E-state index contributed by atoms with van der Waals surface area (Å²) in [6.07, 6.45) is 6.55. The molecule has 86 valence electrons. The highest BCUT2D eigenvalue weighted by Crippen LogP contribution is 2.45. The van der Waals surface area contributed by atoms with E-state index in [0.29, 0.717) is 5.91 Å². The third kappa shape index (κ3) is 1.89. The van der Waals surface area contributed by atoms with Gasteiger partial charge in [0.1, 0.15) is 0 Å². The van der Waals surface area contributed by atoms with Crippen molar-refractivity contribution in [3.8, 4) is 0 Å². The minimum Gasteiger partial charge on any atom is -0.341 e. The Kier molecular flexibility index (Phi) is 3.01. The third-order valence-electron chi connectivity index (χ3n) is 4.19. The highest BCUT2D eigenvalue weighted by Gasteiger charge is 2.44. The van der Waals surface area contributed by atoms with Gasteiger partial charge in [-0.1, -0.05) is 13.3 Å². The van der Waals surface area contributed by atoms with Gasteiger partial charge in [0, 0.05) is 24.5 Å². The monoisotopic (exact) mass is 210 g/mol. The van der Waals surface area contributed by atoms with E-state index in [1.165, 1.54) is 6.42 Å². The van der Waals surface area contributed by atoms with Crippen molar-refractivity contribution in [3.63, 3.8) is 0 Å². The van der Waals surface area contributed by atoms with Gasteiger partial charge in [0.05, 0.1) is 0 Å². The van der Waals surface area contributed by atoms with Crippen LogP contribution in [-0.2, 0) is 4.79 Å². The molecule has 1 atom stereocenters. The molecule has 1 saturated heterocycles. The number of piperidine rings is 1. The Bertz CT molecular complexity index is 242. The summed E-state index contributed by atoms with van der Waals surface area (Å²) in [5, 5.41) is 0. The van der Waals surface area contributed by atoms with Crippen molar-refractivity contribution < 1.29 is 4.79 Å². The fourth-order valence-corrected chi connectivity index (χ4v) is 2.85. The fourth-order valence-electron chi connectivity index (χ4n) is 2.85. The van der Waals surface area contributed by atoms with Crippen LogP contribution in [-0.4, -0.2) is 29.9 Å². The molecular formula is C12H22N2O. The lowest BCUT2D eigenvalue weighted by Crippen LogP contribution is -2.53. The van der Waals surface area contributed by atoms with E-state index in [0.717, 1.165) is 45.2 Å². The molecule has 15 heavy (non-hydrogen) atoms. The fraction of sp³-hybridized carbons (Fsp3) is 0.917. The molecule has 0 spiro atoms. The van der Waals surface area contributed by atoms with Crippen molar-refractivity contribution in [2.24, 2.45) is 11.1 Å². The number of nitrogens with zero attached hydrogens (tertiary/aromatic N) is 1. The van der Waals surface area contributed by atoms with Gasteiger partial charge in [0.15, 0.2) is 0 Å². The Morgan fingerprint density at radius 1 is 1.47 bits per heavy atom. The van der Waals surface area contributed by atoms with E-state index in [2.05, 4.69) is 6.92 Å². The average Bonchev–Trinajstić information content (AvgIpc) is 2.17. The van der Waals surface area contributed by atoms with Crippen LogP contribution in [0.1, 0.15) is 45.4 Å². The predicted octanol–water partition coefficient (Wildman–Crippen LogP) is 1.52. The van der Waals surface area contributed by atoms with Crippen LogP contribution in [0, 0.1) is 5.41 Å². The molecule has 0 aromatic rings. The molecule has 0 aromatic carbocycles. The van der Waals surface area contributed by atoms with Crippen molar-refractivity contribution >= 4 is 5.91 Å². The number of likely N-dealkylation sites (tertiary alicyclic amines) is 1. The quantitative estimate of drug-likeness (QED) is 0.751. The van der Waals surface area contributed by atoms with Gasteiger partial charge in [-0.15, -0.1) is 0 Å². The zero-order valence-corrected chi connectivity index (χ0v) is 9.67. The van der Waals surface area contributed by atoms with Gasteiger partial charge in [0.25, 0.3) is 0 Å². The summed E-state index contributed by atoms with van der Waals surface area (Å²) in [4.78, 5) is 14.4. The van der Waals surface area contributed by atoms with E-state index in [4.69, 9.17) is 5.73 Å². The van der Waals surface area contributed by atoms with Gasteiger partial charge in [-0.3, -0.25) is 4.79 Å². The first-order valence-electron chi connectivity index (χ1n) is 6.23. The number of hydrogen-bond acceptors (Lipinski definition) is 2. The summed E-state index contributed by atoms with van der Waals surface area (Å²) in [5.41, 5.74) is 5.91. The summed E-state index contributed by atoms with van der Waals surface area (Å²) in [5.74, 6) is 0.381. The van der Waals surface area contributed by atoms with Crippen molar-refractivity contribution in [1.29, 1.82) is 0 Å². The SMILES string of the molecule is CCC1(C(=O)N2CCC[C@@H](N)C2)CCC1. The maximum absolute atomic E-state index is 12.3. The number of carbonyl (C=O) groups excluding carboxylic acids is 1. The van der Waals surface area contributed by atoms with Crippen molar-refractivity contribution in [2.45, 2.75) is 51.5 Å². The second-order valence-corrected chi connectivity index (χ2v) is 5.14. The molecule has 1 heterocycles. The van der Waals surface area contributed by atoms with Crippen LogP contribution in [0.2, 0.25) is 0 Å². The van der Waals surface area contributed by atoms with Crippen molar-refractivity contribution in [2.75, 3.05) is 13.1 Å². The van der Waals surface area contributed by atoms with E-state index >= 15 is 0 Å². The zero-order chi connectivity index (χ0) is 10.9. The van der Waals surface area contributed by atoms with E-state index in [-0.39, 0.29) is 11.5 Å². The standard InChI is InChI=1S/C12H22N2O/c1-2-12(6-4-7-12)11(15)14-8-3-5-10(13)9-14/h10H,2-9,13H2,1H3/t10-/m1/s1. The van der Waals surface area contributed by atoms with E-state index in [9.17, 15) is 4.79 Å². The molecular weight excluding hydrogens is 188 g/mol. The van der Waals surface area contributed by atoms with Crippen LogP contribution in [0.15, 0.2) is 0 Å². The summed E-state index contributed by atoms with van der Waals surface area (Å²) in [6.45, 7) is 3.84. The van der Waals surface area contributed by atoms with Crippen LogP contribution in [0.5, 0.6) is 0 Å². The Morgan fingerprint density at radius 2 is 2.20 bits per heavy atom. The van der Waals surface area contributed by atoms with Gasteiger partial charge in [-0.25, -0.2) is 0 Å². The second kappa shape index (κ2) is 4.12. The zero-order valence-electron chi connectivity index (χ0n) is 9.67. The summed E-state index contributed by atoms with van der Waals surface area (Å²) in [6, 6.07) is 0.205. The lowest BCUT2D eigenvalue weighted by Gasteiger charge is -2.44. The largest absolute Gasteiger partial charge is 0.341 e. The average molecular weight is 210 g/mol. The molecule has 2 N–H and O–H groups in total. The van der Waals surface area contributed by atoms with E-state index in [1.54, 1.807) is 0 Å². The highest BCUT2D eigenvalue weighted by molar-refractivity contribution is 5.83. The first-order chi connectivity index (χ1) is 7.18. The molecule has 0 bridgehead atoms. The van der Waals surface area contributed by atoms with E-state index < -0.39 is 0 Å². The number of hydrogen-bond donors (Lipinski definition) is 1. The van der Waals surface area contributed by atoms with Gasteiger partial charge in [-0.05, 0) is 32.1 Å². The Balaban J connectivity index is 2.00. The highest BCUT2D eigenvalue weighted by atomic mass is 16.2. The smallest absolute Gasteiger partial charge is 0.228 e. The predicted molar refractivity (Wildman–Crippen MR) is 60.4 cm³/mol. The first-order valence-corrected chi connectivity index (χ1v) is 6.23. The Labute approximate surface area is 92.0 Å². The Hall–Kier alpha value is -0.570. The summed E-state index contributed by atoms with van der Waals surface area (Å²) in [7, 11) is 0. The first kappa shape index (κ1) is 10.9. The van der Waals surface area contributed by atoms with Gasteiger partial charge in [0.2, 0.25) is 5.91 Å². The lowest BCUT2D eigenvalue weighted by atomic mass is 9.66. The molecule has 2 fully saturated rings. The number of nitrogens with two attached hydrogens (primary N) is 1. The maximum atomic E-state index is 12.3. The summed E-state index contributed by atoms with van der Waals surface area (Å²) < 4.78 is 0. The van der Waals surface area contributed by atoms with Gasteiger partial charge in [-0.2, -0.15) is 0 Å². The minimum absolute atomic E-state index is 0.00292. The third-order valence-corrected chi connectivity index (χ3v) is 4.19.